The van der Waals surface area contributed by atoms with Crippen LogP contribution in [0.5, 0.6) is 5.75 Å². The molecule has 1 amide bonds. The molecule has 0 fully saturated rings. The molecular weight excluding hydrogens is 204 g/mol. The lowest BCUT2D eigenvalue weighted by molar-refractivity contribution is -0.125. The van der Waals surface area contributed by atoms with Gasteiger partial charge in [-0.05, 0) is 48.9 Å². The number of aryl methyl sites for hydroxylation is 1. The van der Waals surface area contributed by atoms with Crippen LogP contribution in [0.2, 0.25) is 0 Å². The van der Waals surface area contributed by atoms with E-state index < -0.39 is 0 Å². The van der Waals surface area contributed by atoms with Crippen molar-refractivity contribution in [3.8, 4) is 5.75 Å². The molecule has 4 N–H and O–H groups in total. The second-order valence-corrected chi connectivity index (χ2v) is 4.25. The minimum Gasteiger partial charge on any atom is -0.508 e. The van der Waals surface area contributed by atoms with E-state index in [9.17, 15) is 9.90 Å². The number of hydrogen-bond acceptors (Lipinski definition) is 3. The van der Waals surface area contributed by atoms with Gasteiger partial charge in [0.25, 0.3) is 0 Å². The summed E-state index contributed by atoms with van der Waals surface area (Å²) in [6.07, 6.45) is 3.45. The van der Waals surface area contributed by atoms with Gasteiger partial charge < -0.3 is 5.11 Å². The summed E-state index contributed by atoms with van der Waals surface area (Å²) in [6, 6.07) is 5.38. The van der Waals surface area contributed by atoms with Crippen LogP contribution in [0.25, 0.3) is 0 Å². The van der Waals surface area contributed by atoms with Crippen LogP contribution >= 0.6 is 0 Å². The molecule has 0 saturated carbocycles. The molecule has 0 heterocycles. The number of carbonyl (C=O) groups is 1. The van der Waals surface area contributed by atoms with Crippen LogP contribution in [0.3, 0.4) is 0 Å². The number of nitrogens with one attached hydrogen (secondary N) is 1. The van der Waals surface area contributed by atoms with Crippen molar-refractivity contribution in [2.24, 2.45) is 11.8 Å². The second kappa shape index (κ2) is 4.53. The summed E-state index contributed by atoms with van der Waals surface area (Å²) in [5, 5.41) is 9.44. The lowest BCUT2D eigenvalue weighted by atomic mass is 9.96. The van der Waals surface area contributed by atoms with E-state index in [1.54, 1.807) is 12.1 Å². The molecule has 0 radical (unpaired) electrons. The predicted molar refractivity (Wildman–Crippen MR) is 60.6 cm³/mol. The van der Waals surface area contributed by atoms with E-state index in [1.807, 2.05) is 6.07 Å². The fourth-order valence-electron chi connectivity index (χ4n) is 2.29. The zero-order valence-electron chi connectivity index (χ0n) is 9.07. The Kier molecular flexibility index (Phi) is 3.10. The Balaban J connectivity index is 2.25. The number of amides is 1. The first-order valence-electron chi connectivity index (χ1n) is 5.52. The van der Waals surface area contributed by atoms with Crippen molar-refractivity contribution >= 4 is 5.91 Å². The van der Waals surface area contributed by atoms with Crippen molar-refractivity contribution in [1.82, 2.24) is 5.43 Å². The molecule has 1 aliphatic carbocycles. The quantitative estimate of drug-likeness (QED) is 0.284. The number of aromatic hydroxyl groups is 1. The SMILES string of the molecule is NNC(=O)C1CCCc2ccc(O)cc2C1. The topological polar surface area (TPSA) is 75.3 Å². The summed E-state index contributed by atoms with van der Waals surface area (Å²) in [4.78, 5) is 11.5. The summed E-state index contributed by atoms with van der Waals surface area (Å²) in [5.74, 6) is 5.22. The van der Waals surface area contributed by atoms with Crippen molar-refractivity contribution in [1.29, 1.82) is 0 Å². The Morgan fingerprint density at radius 2 is 2.25 bits per heavy atom. The summed E-state index contributed by atoms with van der Waals surface area (Å²) < 4.78 is 0. The maximum atomic E-state index is 11.5. The first-order valence-corrected chi connectivity index (χ1v) is 5.52. The molecule has 16 heavy (non-hydrogen) atoms. The number of rotatable bonds is 1. The normalized spacial score (nSPS) is 19.7. The monoisotopic (exact) mass is 220 g/mol. The summed E-state index contributed by atoms with van der Waals surface area (Å²) in [6.45, 7) is 0. The Bertz CT molecular complexity index is 404. The average molecular weight is 220 g/mol. The molecule has 0 bridgehead atoms. The molecule has 86 valence electrons. The van der Waals surface area contributed by atoms with Gasteiger partial charge in [0.15, 0.2) is 0 Å². The van der Waals surface area contributed by atoms with Crippen LogP contribution in [0, 0.1) is 5.92 Å². The fourth-order valence-corrected chi connectivity index (χ4v) is 2.29. The van der Waals surface area contributed by atoms with E-state index in [-0.39, 0.29) is 17.6 Å². The Morgan fingerprint density at radius 3 is 3.00 bits per heavy atom. The third-order valence-electron chi connectivity index (χ3n) is 3.17. The Morgan fingerprint density at radius 1 is 1.44 bits per heavy atom. The number of benzene rings is 1. The molecular formula is C12H16N2O2. The van der Waals surface area contributed by atoms with Crippen molar-refractivity contribution in [2.75, 3.05) is 0 Å². The molecule has 0 saturated heterocycles. The number of nitrogens with two attached hydrogens (primary N) is 1. The number of fused-ring (bicyclic) bond motifs is 1. The smallest absolute Gasteiger partial charge is 0.237 e. The molecule has 0 aliphatic heterocycles. The Labute approximate surface area is 94.4 Å². The largest absolute Gasteiger partial charge is 0.508 e. The molecule has 1 unspecified atom stereocenters. The van der Waals surface area contributed by atoms with Crippen molar-refractivity contribution in [2.45, 2.75) is 25.7 Å². The standard InChI is InChI=1S/C12H16N2O2/c13-14-12(16)9-3-1-2-8-4-5-11(15)7-10(8)6-9/h4-5,7,9,15H,1-3,6,13H2,(H,14,16). The highest BCUT2D eigenvalue weighted by atomic mass is 16.3. The van der Waals surface area contributed by atoms with Gasteiger partial charge >= 0.3 is 0 Å². The fraction of sp³-hybridized carbons (Fsp3) is 0.417. The third-order valence-corrected chi connectivity index (χ3v) is 3.17. The summed E-state index contributed by atoms with van der Waals surface area (Å²) in [5.41, 5.74) is 4.49. The minimum absolute atomic E-state index is 0.0759. The van der Waals surface area contributed by atoms with E-state index in [2.05, 4.69) is 5.43 Å². The van der Waals surface area contributed by atoms with Gasteiger partial charge in [0, 0.05) is 5.92 Å². The number of hydrazine groups is 1. The van der Waals surface area contributed by atoms with Crippen LogP contribution < -0.4 is 11.3 Å². The van der Waals surface area contributed by atoms with Gasteiger partial charge in [-0.1, -0.05) is 6.07 Å². The molecule has 2 rings (SSSR count). The maximum absolute atomic E-state index is 11.5. The highest BCUT2D eigenvalue weighted by Crippen LogP contribution is 2.27. The summed E-state index contributed by atoms with van der Waals surface area (Å²) in [7, 11) is 0. The van der Waals surface area contributed by atoms with Crippen molar-refractivity contribution in [3.05, 3.63) is 29.3 Å². The predicted octanol–water partition coefficient (Wildman–Crippen LogP) is 0.877. The highest BCUT2D eigenvalue weighted by molar-refractivity contribution is 5.78. The van der Waals surface area contributed by atoms with Gasteiger partial charge in [0.05, 0.1) is 0 Å². The number of carbonyl (C=O) groups excluding carboxylic acids is 1. The van der Waals surface area contributed by atoms with Crippen LogP contribution in [0.4, 0.5) is 0 Å². The van der Waals surface area contributed by atoms with Crippen LogP contribution in [-0.2, 0) is 17.6 Å². The number of phenols is 1. The molecule has 4 heteroatoms. The lowest BCUT2D eigenvalue weighted by Crippen LogP contribution is -2.36. The van der Waals surface area contributed by atoms with E-state index in [0.717, 1.165) is 24.8 Å². The minimum atomic E-state index is -0.115. The average Bonchev–Trinajstić information content (AvgIpc) is 2.49. The first kappa shape index (κ1) is 11.0. The molecule has 4 nitrogen and oxygen atoms in total. The van der Waals surface area contributed by atoms with Gasteiger partial charge in [-0.25, -0.2) is 5.84 Å². The van der Waals surface area contributed by atoms with Crippen LogP contribution in [0.1, 0.15) is 24.0 Å². The van der Waals surface area contributed by atoms with E-state index in [0.29, 0.717) is 6.42 Å². The third kappa shape index (κ3) is 2.17. The zero-order chi connectivity index (χ0) is 11.5. The van der Waals surface area contributed by atoms with E-state index in [4.69, 9.17) is 5.84 Å². The molecule has 1 aromatic rings. The maximum Gasteiger partial charge on any atom is 0.237 e. The number of hydrogen-bond donors (Lipinski definition) is 3. The highest BCUT2D eigenvalue weighted by Gasteiger charge is 2.22. The van der Waals surface area contributed by atoms with E-state index >= 15 is 0 Å². The van der Waals surface area contributed by atoms with Gasteiger partial charge in [-0.3, -0.25) is 10.2 Å². The molecule has 1 aromatic carbocycles. The number of phenolic OH excluding ortho intramolecular Hbond substituents is 1. The second-order valence-electron chi connectivity index (χ2n) is 4.25. The van der Waals surface area contributed by atoms with Crippen LogP contribution in [-0.4, -0.2) is 11.0 Å². The van der Waals surface area contributed by atoms with Gasteiger partial charge in [0.2, 0.25) is 5.91 Å². The lowest BCUT2D eigenvalue weighted by Gasteiger charge is -2.12. The Hall–Kier alpha value is -1.55. The molecule has 1 atom stereocenters. The van der Waals surface area contributed by atoms with Crippen LogP contribution in [0.15, 0.2) is 18.2 Å². The molecule has 0 spiro atoms. The van der Waals surface area contributed by atoms with Crippen molar-refractivity contribution in [3.63, 3.8) is 0 Å². The van der Waals surface area contributed by atoms with Gasteiger partial charge in [-0.15, -0.1) is 0 Å². The van der Waals surface area contributed by atoms with Gasteiger partial charge in [-0.2, -0.15) is 0 Å². The summed E-state index contributed by atoms with van der Waals surface area (Å²) >= 11 is 0. The molecule has 0 aromatic heterocycles. The first-order chi connectivity index (χ1) is 7.70. The van der Waals surface area contributed by atoms with Gasteiger partial charge in [0.1, 0.15) is 5.75 Å². The van der Waals surface area contributed by atoms with Crippen molar-refractivity contribution < 1.29 is 9.90 Å². The zero-order valence-corrected chi connectivity index (χ0v) is 9.07. The molecule has 1 aliphatic rings. The van der Waals surface area contributed by atoms with E-state index in [1.165, 1.54) is 5.56 Å².